The molecule has 12 rings (SSSR count). The molecule has 4 heterocycles. The zero-order valence-electron chi connectivity index (χ0n) is 36.4. The maximum atomic E-state index is 2.58. The first kappa shape index (κ1) is 38.0. The minimum atomic E-state index is 0.0911. The molecule has 0 spiro atoms. The number of rotatable bonds is 6. The van der Waals surface area contributed by atoms with Gasteiger partial charge in [-0.2, -0.15) is 0 Å². The molecule has 0 aliphatic heterocycles. The summed E-state index contributed by atoms with van der Waals surface area (Å²) in [6.45, 7) is 13.6. The van der Waals surface area contributed by atoms with Crippen molar-refractivity contribution >= 4 is 124 Å². The number of nitrogens with zero attached hydrogens (tertiary/aromatic N) is 3. The van der Waals surface area contributed by atoms with Crippen molar-refractivity contribution < 1.29 is 0 Å². The molecule has 306 valence electrons. The van der Waals surface area contributed by atoms with Gasteiger partial charge in [0.1, 0.15) is 9.66 Å². The van der Waals surface area contributed by atoms with Gasteiger partial charge in [0.2, 0.25) is 0 Å². The molecule has 0 saturated heterocycles. The lowest BCUT2D eigenvalue weighted by molar-refractivity contribution is 0.590. The topological polar surface area (TPSA) is 10.9 Å². The van der Waals surface area contributed by atoms with Gasteiger partial charge >= 0.3 is 0 Å². The molecule has 0 N–H and O–H groups in total. The molecule has 8 aromatic carbocycles. The number of thiophene rings is 2. The van der Waals surface area contributed by atoms with Gasteiger partial charge in [-0.1, -0.05) is 133 Å². The molecule has 5 heteroatoms. The minimum Gasteiger partial charge on any atom is -0.310 e. The van der Waals surface area contributed by atoms with E-state index in [1.807, 2.05) is 22.7 Å². The fraction of sp³-hybridized carbons (Fsp3) is 0.138. The Morgan fingerprint density at radius 2 is 0.825 bits per heavy atom. The quantitative estimate of drug-likeness (QED) is 0.165. The van der Waals surface area contributed by atoms with E-state index >= 15 is 0 Å². The summed E-state index contributed by atoms with van der Waals surface area (Å²) in [5.74, 6) is 0. The van der Waals surface area contributed by atoms with Crippen molar-refractivity contribution in [1.82, 2.24) is 4.40 Å². The average molecular weight is 850 g/mol. The van der Waals surface area contributed by atoms with Gasteiger partial charge in [0.25, 0.3) is 0 Å². The van der Waals surface area contributed by atoms with Crippen LogP contribution in [0.1, 0.15) is 52.7 Å². The van der Waals surface area contributed by atoms with Crippen LogP contribution >= 0.6 is 22.7 Å². The number of hydrogen-bond donors (Lipinski definition) is 0. The molecular formula is C58H47N3S2. The number of fused-ring (bicyclic) bond motifs is 11. The van der Waals surface area contributed by atoms with Crippen LogP contribution in [-0.4, -0.2) is 4.40 Å². The third-order valence-corrected chi connectivity index (χ3v) is 15.3. The Labute approximate surface area is 376 Å². The van der Waals surface area contributed by atoms with Crippen molar-refractivity contribution in [2.24, 2.45) is 0 Å². The van der Waals surface area contributed by atoms with E-state index in [9.17, 15) is 0 Å². The van der Waals surface area contributed by atoms with Gasteiger partial charge in [-0.3, -0.25) is 4.40 Å². The van der Waals surface area contributed by atoms with Crippen LogP contribution < -0.4 is 9.80 Å². The molecule has 4 aromatic heterocycles. The molecule has 12 aromatic rings. The molecule has 0 atom stereocenters. The lowest BCUT2D eigenvalue weighted by atomic mass is 9.87. The van der Waals surface area contributed by atoms with E-state index in [0.717, 1.165) is 34.1 Å². The Hall–Kier alpha value is -6.66. The van der Waals surface area contributed by atoms with Gasteiger partial charge in [0.05, 0.1) is 5.52 Å². The Bertz CT molecular complexity index is 3670. The summed E-state index contributed by atoms with van der Waals surface area (Å²) >= 11 is 3.84. The van der Waals surface area contributed by atoms with Gasteiger partial charge in [0.15, 0.2) is 0 Å². The molecule has 0 aliphatic carbocycles. The van der Waals surface area contributed by atoms with Crippen molar-refractivity contribution in [2.45, 2.75) is 52.4 Å². The Morgan fingerprint density at radius 1 is 0.365 bits per heavy atom. The SMILES string of the molecule is CC(C)(C)c1ccc(N(c2ccccc2)c2ccc3cc4c(cc3c2)sc2c4c3cccc4c5c6ccc(N(c7ccccc7)c7ccc(C(C)(C)C)cc7)cc6sc5n2c43)cc1. The van der Waals surface area contributed by atoms with Gasteiger partial charge in [-0.15, -0.1) is 22.7 Å². The fourth-order valence-corrected chi connectivity index (χ4v) is 12.3. The Kier molecular flexibility index (Phi) is 8.41. The Balaban J connectivity index is 1.00. The van der Waals surface area contributed by atoms with E-state index in [2.05, 4.69) is 232 Å². The van der Waals surface area contributed by atoms with Crippen LogP contribution in [0.4, 0.5) is 34.1 Å². The standard InChI is InChI=1S/C58H47N3S2/c1-57(2,3)38-21-26-42(27-22-38)59(40-14-9-7-10-15-40)44-25-20-36-33-49-50(34-37(36)32-44)62-56-53(49)48-19-13-18-47-52-46-31-30-45(35-51(46)63-55(52)61(56)54(47)48)60(41-16-11-8-12-17-41)43-28-23-39(24-29-43)58(4,5)6/h7-35H,1-6H3. The first-order valence-corrected chi connectivity index (χ1v) is 23.6. The number of benzene rings is 8. The molecule has 0 unspecified atom stereocenters. The summed E-state index contributed by atoms with van der Waals surface area (Å²) < 4.78 is 5.19. The van der Waals surface area contributed by atoms with Crippen molar-refractivity contribution in [3.05, 3.63) is 187 Å². The van der Waals surface area contributed by atoms with E-state index in [4.69, 9.17) is 0 Å². The average Bonchev–Trinajstić information content (AvgIpc) is 4.02. The second-order valence-electron chi connectivity index (χ2n) is 19.1. The van der Waals surface area contributed by atoms with Crippen LogP contribution in [0.15, 0.2) is 176 Å². The zero-order valence-corrected chi connectivity index (χ0v) is 38.0. The fourth-order valence-electron chi connectivity index (χ4n) is 9.75. The monoisotopic (exact) mass is 849 g/mol. The van der Waals surface area contributed by atoms with Gasteiger partial charge in [-0.25, -0.2) is 0 Å². The Morgan fingerprint density at radius 3 is 1.37 bits per heavy atom. The number of para-hydroxylation sites is 3. The maximum Gasteiger partial charge on any atom is 0.110 e. The van der Waals surface area contributed by atoms with Crippen LogP contribution in [0.2, 0.25) is 0 Å². The largest absolute Gasteiger partial charge is 0.310 e. The van der Waals surface area contributed by atoms with Gasteiger partial charge < -0.3 is 9.80 Å². The highest BCUT2D eigenvalue weighted by Crippen LogP contribution is 2.51. The van der Waals surface area contributed by atoms with Crippen LogP contribution in [-0.2, 0) is 10.8 Å². The number of aromatic nitrogens is 1. The van der Waals surface area contributed by atoms with Gasteiger partial charge in [0, 0.05) is 75.8 Å². The molecule has 63 heavy (non-hydrogen) atoms. The summed E-state index contributed by atoms with van der Waals surface area (Å²) in [6.07, 6.45) is 0. The molecule has 0 fully saturated rings. The van der Waals surface area contributed by atoms with Crippen molar-refractivity contribution in [3.8, 4) is 0 Å². The van der Waals surface area contributed by atoms with E-state index in [1.54, 1.807) is 0 Å². The van der Waals surface area contributed by atoms with E-state index < -0.39 is 0 Å². The van der Waals surface area contributed by atoms with E-state index in [-0.39, 0.29) is 10.8 Å². The first-order chi connectivity index (χ1) is 30.5. The highest BCUT2D eigenvalue weighted by molar-refractivity contribution is 7.27. The summed E-state index contributed by atoms with van der Waals surface area (Å²) in [5.41, 5.74) is 11.1. The molecular weight excluding hydrogens is 803 g/mol. The first-order valence-electron chi connectivity index (χ1n) is 21.9. The normalized spacial score (nSPS) is 12.6. The smallest absolute Gasteiger partial charge is 0.110 e. The molecule has 0 aliphatic rings. The lowest BCUT2D eigenvalue weighted by Crippen LogP contribution is -2.13. The number of hydrogen-bond acceptors (Lipinski definition) is 4. The molecule has 3 nitrogen and oxygen atoms in total. The zero-order chi connectivity index (χ0) is 42.8. The highest BCUT2D eigenvalue weighted by Gasteiger charge is 2.25. The van der Waals surface area contributed by atoms with Crippen molar-refractivity contribution in [1.29, 1.82) is 0 Å². The summed E-state index contributed by atoms with van der Waals surface area (Å²) in [5, 5.41) is 10.5. The van der Waals surface area contributed by atoms with Crippen LogP contribution in [0.5, 0.6) is 0 Å². The summed E-state index contributed by atoms with van der Waals surface area (Å²) in [4.78, 5) is 7.41. The van der Waals surface area contributed by atoms with E-state index in [1.165, 1.54) is 78.8 Å². The predicted molar refractivity (Wildman–Crippen MR) is 276 cm³/mol. The lowest BCUT2D eigenvalue weighted by Gasteiger charge is -2.27. The molecule has 0 bridgehead atoms. The van der Waals surface area contributed by atoms with Crippen LogP contribution in [0, 0.1) is 0 Å². The summed E-state index contributed by atoms with van der Waals surface area (Å²) in [6, 6.07) is 65.5. The van der Waals surface area contributed by atoms with Gasteiger partial charge in [-0.05, 0) is 118 Å². The highest BCUT2D eigenvalue weighted by atomic mass is 32.1. The second-order valence-corrected chi connectivity index (χ2v) is 21.2. The summed E-state index contributed by atoms with van der Waals surface area (Å²) in [7, 11) is 0. The van der Waals surface area contributed by atoms with Crippen LogP contribution in [0.25, 0.3) is 67.7 Å². The minimum absolute atomic E-state index is 0.0911. The van der Waals surface area contributed by atoms with Crippen LogP contribution in [0.3, 0.4) is 0 Å². The second kappa shape index (κ2) is 13.9. The van der Waals surface area contributed by atoms with Crippen molar-refractivity contribution in [3.63, 3.8) is 0 Å². The number of anilines is 6. The maximum absolute atomic E-state index is 2.58. The predicted octanol–water partition coefficient (Wildman–Crippen LogP) is 18.0. The van der Waals surface area contributed by atoms with Crippen molar-refractivity contribution in [2.75, 3.05) is 9.80 Å². The third-order valence-electron chi connectivity index (χ3n) is 13.0. The van der Waals surface area contributed by atoms with E-state index in [0.29, 0.717) is 0 Å². The third kappa shape index (κ3) is 6.05. The molecule has 0 radical (unpaired) electrons. The molecule has 0 amide bonds. The molecule has 0 saturated carbocycles.